The summed E-state index contributed by atoms with van der Waals surface area (Å²) in [6.45, 7) is 6.41. The number of ether oxygens (including phenoxy) is 1. The zero-order valence-corrected chi connectivity index (χ0v) is 20.5. The van der Waals surface area contributed by atoms with Gasteiger partial charge in [0.05, 0.1) is 22.4 Å². The van der Waals surface area contributed by atoms with Gasteiger partial charge in [-0.1, -0.05) is 23.5 Å². The van der Waals surface area contributed by atoms with Crippen molar-refractivity contribution in [3.05, 3.63) is 81.1 Å². The van der Waals surface area contributed by atoms with Crippen molar-refractivity contribution in [2.75, 3.05) is 11.5 Å². The van der Waals surface area contributed by atoms with Crippen LogP contribution in [0.2, 0.25) is 0 Å². The van der Waals surface area contributed by atoms with E-state index in [9.17, 15) is 14.7 Å². The van der Waals surface area contributed by atoms with Crippen LogP contribution in [0.5, 0.6) is 5.75 Å². The monoisotopic (exact) mass is 490 g/mol. The van der Waals surface area contributed by atoms with Gasteiger partial charge in [0.1, 0.15) is 17.6 Å². The van der Waals surface area contributed by atoms with E-state index in [0.717, 1.165) is 26.2 Å². The van der Waals surface area contributed by atoms with Crippen molar-refractivity contribution in [1.29, 1.82) is 0 Å². The summed E-state index contributed by atoms with van der Waals surface area (Å²) < 4.78 is 6.42. The second-order valence-electron chi connectivity index (χ2n) is 8.07. The number of thiophene rings is 1. The molecular weight excluding hydrogens is 468 g/mol. The number of aryl methyl sites for hydroxylation is 2. The molecule has 172 valence electrons. The Morgan fingerprint density at radius 1 is 1.15 bits per heavy atom. The summed E-state index contributed by atoms with van der Waals surface area (Å²) in [5, 5.41) is 13.5. The molecule has 1 unspecified atom stereocenters. The molecule has 2 aromatic carbocycles. The number of Topliss-reactive ketones (excluding diaryl/α,β-unsaturated/α-hetero) is 1. The van der Waals surface area contributed by atoms with E-state index >= 15 is 0 Å². The topological polar surface area (TPSA) is 79.7 Å². The molecule has 1 N–H and O–H groups in total. The van der Waals surface area contributed by atoms with E-state index in [0.29, 0.717) is 23.1 Å². The number of thiazole rings is 1. The van der Waals surface area contributed by atoms with Crippen molar-refractivity contribution < 1.29 is 19.4 Å². The highest BCUT2D eigenvalue weighted by Gasteiger charge is 2.48. The smallest absolute Gasteiger partial charge is 0.301 e. The fourth-order valence-electron chi connectivity index (χ4n) is 4.24. The van der Waals surface area contributed by atoms with E-state index < -0.39 is 17.7 Å². The first-order valence-electron chi connectivity index (χ1n) is 10.8. The fraction of sp³-hybridized carbons (Fsp3) is 0.192. The van der Waals surface area contributed by atoms with Crippen molar-refractivity contribution in [2.45, 2.75) is 26.8 Å². The predicted octanol–water partition coefficient (Wildman–Crippen LogP) is 6.00. The highest BCUT2D eigenvalue weighted by molar-refractivity contribution is 7.22. The maximum Gasteiger partial charge on any atom is 0.301 e. The zero-order chi connectivity index (χ0) is 24.0. The molecular formula is C26H22N2O4S2. The molecule has 1 fully saturated rings. The predicted molar refractivity (Wildman–Crippen MR) is 136 cm³/mol. The maximum atomic E-state index is 13.3. The number of carbonyl (C=O) groups is 2. The average Bonchev–Trinajstić information content (AvgIpc) is 3.53. The second-order valence-corrected chi connectivity index (χ2v) is 10.1. The first-order chi connectivity index (χ1) is 16.4. The van der Waals surface area contributed by atoms with Crippen LogP contribution in [-0.2, 0) is 9.59 Å². The molecule has 1 aliphatic heterocycles. The largest absolute Gasteiger partial charge is 0.507 e. The van der Waals surface area contributed by atoms with Crippen LogP contribution in [0.1, 0.15) is 34.5 Å². The Balaban J connectivity index is 1.67. The van der Waals surface area contributed by atoms with Crippen molar-refractivity contribution in [2.24, 2.45) is 0 Å². The molecule has 0 aliphatic carbocycles. The van der Waals surface area contributed by atoms with Crippen LogP contribution < -0.4 is 9.64 Å². The van der Waals surface area contributed by atoms with E-state index in [-0.39, 0.29) is 11.3 Å². The van der Waals surface area contributed by atoms with E-state index in [4.69, 9.17) is 9.72 Å². The number of ketones is 1. The van der Waals surface area contributed by atoms with Crippen LogP contribution in [0.4, 0.5) is 5.13 Å². The maximum absolute atomic E-state index is 13.3. The van der Waals surface area contributed by atoms with Gasteiger partial charge in [0, 0.05) is 10.4 Å². The standard InChI is InChI=1S/C26H22N2O4S2/c1-4-32-17-9-7-16(8-10-17)23(29)20-22(18-6-5-11-33-18)28(25(31)24(20)30)26-27-21-15(3)12-14(2)13-19(21)34-26/h5-13,22,29H,4H2,1-3H3/b23-20+. The Bertz CT molecular complexity index is 1440. The second kappa shape index (κ2) is 8.70. The van der Waals surface area contributed by atoms with Crippen LogP contribution in [0.3, 0.4) is 0 Å². The third-order valence-electron chi connectivity index (χ3n) is 5.72. The van der Waals surface area contributed by atoms with Crippen LogP contribution >= 0.6 is 22.7 Å². The normalized spacial score (nSPS) is 17.6. The van der Waals surface area contributed by atoms with Gasteiger partial charge < -0.3 is 9.84 Å². The first kappa shape index (κ1) is 22.3. The van der Waals surface area contributed by atoms with Gasteiger partial charge in [-0.3, -0.25) is 14.5 Å². The van der Waals surface area contributed by atoms with Gasteiger partial charge in [0.2, 0.25) is 0 Å². The van der Waals surface area contributed by atoms with Gasteiger partial charge in [-0.25, -0.2) is 4.98 Å². The summed E-state index contributed by atoms with van der Waals surface area (Å²) in [6, 6.07) is 13.9. The Labute approximate surface area is 204 Å². The minimum Gasteiger partial charge on any atom is -0.507 e. The third-order valence-corrected chi connectivity index (χ3v) is 7.65. The molecule has 5 rings (SSSR count). The van der Waals surface area contributed by atoms with Gasteiger partial charge in [0.25, 0.3) is 5.78 Å². The van der Waals surface area contributed by atoms with E-state index in [2.05, 4.69) is 0 Å². The first-order valence-corrected chi connectivity index (χ1v) is 12.5. The lowest BCUT2D eigenvalue weighted by molar-refractivity contribution is -0.132. The lowest BCUT2D eigenvalue weighted by atomic mass is 10.00. The molecule has 1 saturated heterocycles. The van der Waals surface area contributed by atoms with Crippen LogP contribution in [0.25, 0.3) is 16.0 Å². The Kier molecular flexibility index (Phi) is 5.71. The molecule has 4 aromatic rings. The molecule has 0 spiro atoms. The molecule has 3 heterocycles. The minimum atomic E-state index is -0.756. The molecule has 2 aromatic heterocycles. The average molecular weight is 491 g/mol. The quantitative estimate of drug-likeness (QED) is 0.211. The van der Waals surface area contributed by atoms with E-state index in [1.165, 1.54) is 27.6 Å². The fourth-order valence-corrected chi connectivity index (χ4v) is 6.23. The number of aliphatic hydroxyl groups excluding tert-OH is 1. The zero-order valence-electron chi connectivity index (χ0n) is 18.9. The van der Waals surface area contributed by atoms with Crippen LogP contribution in [0.15, 0.2) is 59.5 Å². The summed E-state index contributed by atoms with van der Waals surface area (Å²) in [5.41, 5.74) is 3.43. The van der Waals surface area contributed by atoms with Gasteiger partial charge in [-0.2, -0.15) is 0 Å². The Morgan fingerprint density at radius 2 is 1.91 bits per heavy atom. The van der Waals surface area contributed by atoms with Gasteiger partial charge in [-0.05, 0) is 73.7 Å². The van der Waals surface area contributed by atoms with E-state index in [1.807, 2.05) is 50.4 Å². The number of benzene rings is 2. The van der Waals surface area contributed by atoms with Crippen LogP contribution in [0, 0.1) is 13.8 Å². The molecule has 0 radical (unpaired) electrons. The number of hydrogen-bond acceptors (Lipinski definition) is 7. The number of rotatable bonds is 5. The molecule has 8 heteroatoms. The summed E-state index contributed by atoms with van der Waals surface area (Å²) in [4.78, 5) is 33.5. The molecule has 1 atom stereocenters. The lowest BCUT2D eigenvalue weighted by Crippen LogP contribution is -2.28. The number of aromatic nitrogens is 1. The van der Waals surface area contributed by atoms with Gasteiger partial charge in [0.15, 0.2) is 5.13 Å². The molecule has 34 heavy (non-hydrogen) atoms. The number of fused-ring (bicyclic) bond motifs is 1. The molecule has 1 aliphatic rings. The highest BCUT2D eigenvalue weighted by Crippen LogP contribution is 2.45. The number of amides is 1. The number of nitrogens with zero attached hydrogens (tertiary/aromatic N) is 2. The van der Waals surface area contributed by atoms with Gasteiger partial charge >= 0.3 is 5.91 Å². The van der Waals surface area contributed by atoms with E-state index in [1.54, 1.807) is 24.3 Å². The molecule has 1 amide bonds. The number of carbonyl (C=O) groups excluding carboxylic acids is 2. The number of aliphatic hydroxyl groups is 1. The molecule has 6 nitrogen and oxygen atoms in total. The highest BCUT2D eigenvalue weighted by atomic mass is 32.1. The summed E-state index contributed by atoms with van der Waals surface area (Å²) in [5.74, 6) is -0.971. The summed E-state index contributed by atoms with van der Waals surface area (Å²) >= 11 is 2.80. The number of anilines is 1. The minimum absolute atomic E-state index is 0.0590. The van der Waals surface area contributed by atoms with Gasteiger partial charge in [-0.15, -0.1) is 11.3 Å². The van der Waals surface area contributed by atoms with Crippen molar-refractivity contribution in [3.63, 3.8) is 0 Å². The lowest BCUT2D eigenvalue weighted by Gasteiger charge is -2.21. The Morgan fingerprint density at radius 3 is 2.59 bits per heavy atom. The van der Waals surface area contributed by atoms with Crippen molar-refractivity contribution in [1.82, 2.24) is 4.98 Å². The summed E-state index contributed by atoms with van der Waals surface area (Å²) in [7, 11) is 0. The third kappa shape index (κ3) is 3.69. The van der Waals surface area contributed by atoms with Crippen molar-refractivity contribution in [3.8, 4) is 5.75 Å². The van der Waals surface area contributed by atoms with Crippen LogP contribution in [-0.4, -0.2) is 28.4 Å². The van der Waals surface area contributed by atoms with Crippen molar-refractivity contribution >= 4 is 55.5 Å². The molecule has 0 saturated carbocycles. The number of hydrogen-bond donors (Lipinski definition) is 1. The Hall–Kier alpha value is -3.49. The summed E-state index contributed by atoms with van der Waals surface area (Å²) in [6.07, 6.45) is 0. The SMILES string of the molecule is CCOc1ccc(/C(O)=C2\C(=O)C(=O)N(c3nc4c(C)cc(C)cc4s3)C2c2cccs2)cc1. The molecule has 0 bridgehead atoms.